The summed E-state index contributed by atoms with van der Waals surface area (Å²) in [6.45, 7) is 2.84. The molecule has 1 aliphatic rings. The molecule has 1 N–H and O–H groups in total. The van der Waals surface area contributed by atoms with Crippen molar-refractivity contribution in [2.24, 2.45) is 0 Å². The van der Waals surface area contributed by atoms with E-state index < -0.39 is 0 Å². The number of anilines is 1. The lowest BCUT2D eigenvalue weighted by atomic mass is 10.0. The van der Waals surface area contributed by atoms with Crippen LogP contribution in [-0.2, 0) is 6.54 Å². The van der Waals surface area contributed by atoms with Gasteiger partial charge < -0.3 is 29.0 Å². The van der Waals surface area contributed by atoms with Crippen LogP contribution in [0.1, 0.15) is 29.8 Å². The first-order valence-corrected chi connectivity index (χ1v) is 11.9. The number of fused-ring (bicyclic) bond motifs is 3. The number of carbonyl (C=O) groups is 1. The van der Waals surface area contributed by atoms with Crippen molar-refractivity contribution in [1.82, 2.24) is 9.47 Å². The zero-order valence-corrected chi connectivity index (χ0v) is 20.6. The molecule has 7 heteroatoms. The van der Waals surface area contributed by atoms with E-state index in [4.69, 9.17) is 14.2 Å². The van der Waals surface area contributed by atoms with Gasteiger partial charge in [0.25, 0.3) is 0 Å². The smallest absolute Gasteiger partial charge is 0.323 e. The number of nitrogens with one attached hydrogen (secondary N) is 1. The monoisotopic (exact) mass is 483 g/mol. The van der Waals surface area contributed by atoms with Crippen molar-refractivity contribution >= 4 is 11.7 Å². The van der Waals surface area contributed by atoms with Gasteiger partial charge >= 0.3 is 6.03 Å². The number of ether oxygens (including phenoxy) is 3. The molecule has 2 amide bonds. The van der Waals surface area contributed by atoms with Crippen LogP contribution in [0.25, 0.3) is 5.69 Å². The molecule has 2 heterocycles. The molecule has 0 unspecified atom stereocenters. The van der Waals surface area contributed by atoms with Crippen LogP contribution in [0.3, 0.4) is 0 Å². The third-order valence-electron chi connectivity index (χ3n) is 6.38. The van der Waals surface area contributed by atoms with E-state index in [1.54, 1.807) is 14.2 Å². The van der Waals surface area contributed by atoms with Crippen LogP contribution in [-0.4, -0.2) is 36.3 Å². The van der Waals surface area contributed by atoms with Crippen molar-refractivity contribution in [3.63, 3.8) is 0 Å². The molecule has 5 rings (SSSR count). The number of hydrogen-bond acceptors (Lipinski definition) is 4. The third-order valence-corrected chi connectivity index (χ3v) is 6.38. The van der Waals surface area contributed by atoms with Crippen LogP contribution in [0.4, 0.5) is 10.5 Å². The molecule has 36 heavy (non-hydrogen) atoms. The summed E-state index contributed by atoms with van der Waals surface area (Å²) >= 11 is 0. The topological polar surface area (TPSA) is 65.0 Å². The summed E-state index contributed by atoms with van der Waals surface area (Å²) in [7, 11) is 3.23. The van der Waals surface area contributed by atoms with Crippen molar-refractivity contribution in [2.45, 2.75) is 19.5 Å². The average Bonchev–Trinajstić information content (AvgIpc) is 3.33. The molecule has 4 aromatic rings. The number of urea groups is 1. The van der Waals surface area contributed by atoms with Crippen LogP contribution in [0.2, 0.25) is 0 Å². The molecule has 184 valence electrons. The summed E-state index contributed by atoms with van der Waals surface area (Å²) in [6.07, 6.45) is 2.04. The highest BCUT2D eigenvalue weighted by molar-refractivity contribution is 5.91. The number of amides is 2. The molecule has 0 saturated heterocycles. The van der Waals surface area contributed by atoms with E-state index in [-0.39, 0.29) is 12.1 Å². The normalized spacial score (nSPS) is 14.3. The summed E-state index contributed by atoms with van der Waals surface area (Å²) in [4.78, 5) is 15.8. The maximum Gasteiger partial charge on any atom is 0.323 e. The number of nitrogens with zero attached hydrogens (tertiary/aromatic N) is 2. The summed E-state index contributed by atoms with van der Waals surface area (Å²) in [5, 5.41) is 3.09. The Bertz CT molecular complexity index is 1380. The summed E-state index contributed by atoms with van der Waals surface area (Å²) < 4.78 is 19.0. The van der Waals surface area contributed by atoms with Gasteiger partial charge in [-0.3, -0.25) is 0 Å². The Kier molecular flexibility index (Phi) is 6.54. The van der Waals surface area contributed by atoms with Crippen molar-refractivity contribution in [3.05, 3.63) is 102 Å². The second kappa shape index (κ2) is 10.1. The number of para-hydroxylation sites is 3. The Morgan fingerprint density at radius 1 is 0.917 bits per heavy atom. The summed E-state index contributed by atoms with van der Waals surface area (Å²) in [5.74, 6) is 1.88. The fourth-order valence-corrected chi connectivity index (χ4v) is 4.75. The summed E-state index contributed by atoms with van der Waals surface area (Å²) in [5.41, 5.74) is 4.61. The zero-order valence-electron chi connectivity index (χ0n) is 20.6. The minimum Gasteiger partial charge on any atom is -0.493 e. The molecule has 1 atom stereocenters. The van der Waals surface area contributed by atoms with E-state index in [0.717, 1.165) is 22.5 Å². The van der Waals surface area contributed by atoms with E-state index in [9.17, 15) is 4.79 Å². The van der Waals surface area contributed by atoms with Crippen molar-refractivity contribution in [3.8, 4) is 22.9 Å². The highest BCUT2D eigenvalue weighted by atomic mass is 16.5. The van der Waals surface area contributed by atoms with Gasteiger partial charge in [-0.15, -0.1) is 0 Å². The second-order valence-electron chi connectivity index (χ2n) is 8.44. The number of benzene rings is 3. The Morgan fingerprint density at radius 2 is 1.69 bits per heavy atom. The van der Waals surface area contributed by atoms with Crippen molar-refractivity contribution < 1.29 is 19.0 Å². The quantitative estimate of drug-likeness (QED) is 0.364. The molecule has 0 aliphatic carbocycles. The van der Waals surface area contributed by atoms with Gasteiger partial charge in [-0.1, -0.05) is 36.4 Å². The molecular weight excluding hydrogens is 454 g/mol. The first kappa shape index (κ1) is 23.4. The average molecular weight is 484 g/mol. The molecule has 1 aliphatic heterocycles. The predicted molar refractivity (Wildman–Crippen MR) is 139 cm³/mol. The molecule has 7 nitrogen and oxygen atoms in total. The Hall–Kier alpha value is -4.39. The van der Waals surface area contributed by atoms with Gasteiger partial charge in [0.1, 0.15) is 5.75 Å². The van der Waals surface area contributed by atoms with Gasteiger partial charge in [0.2, 0.25) is 0 Å². The molecule has 0 fully saturated rings. The summed E-state index contributed by atoms with van der Waals surface area (Å²) in [6, 6.07) is 24.9. The van der Waals surface area contributed by atoms with Gasteiger partial charge in [-0.25, -0.2) is 4.79 Å². The van der Waals surface area contributed by atoms with E-state index >= 15 is 0 Å². The van der Waals surface area contributed by atoms with Gasteiger partial charge in [-0.2, -0.15) is 0 Å². The van der Waals surface area contributed by atoms with Crippen LogP contribution < -0.4 is 19.5 Å². The lowest BCUT2D eigenvalue weighted by molar-refractivity contribution is 0.194. The van der Waals surface area contributed by atoms with E-state index in [1.165, 1.54) is 0 Å². The van der Waals surface area contributed by atoms with E-state index in [0.29, 0.717) is 36.1 Å². The van der Waals surface area contributed by atoms with Crippen LogP contribution in [0.5, 0.6) is 17.2 Å². The molecule has 0 saturated carbocycles. The fourth-order valence-electron chi connectivity index (χ4n) is 4.75. The first-order chi connectivity index (χ1) is 17.6. The molecule has 0 bridgehead atoms. The zero-order chi connectivity index (χ0) is 25.1. The third kappa shape index (κ3) is 4.24. The highest BCUT2D eigenvalue weighted by Crippen LogP contribution is 2.40. The maximum absolute atomic E-state index is 14.0. The molecule has 0 radical (unpaired) electrons. The molecular formula is C29H29N3O4. The standard InChI is InChI=1S/C29H29N3O4/c1-4-36-25-14-8-6-11-22(25)30-29(33)32-19-21-10-5-7-12-23(21)31-17-9-13-24(31)28(32)20-15-16-26(34-2)27(18-20)35-3/h5-18,28H,4,19H2,1-3H3,(H,30,33)/t28-/m1/s1. The van der Waals surface area contributed by atoms with Gasteiger partial charge in [0, 0.05) is 11.9 Å². The number of rotatable bonds is 6. The predicted octanol–water partition coefficient (Wildman–Crippen LogP) is 6.03. The van der Waals surface area contributed by atoms with Crippen molar-refractivity contribution in [1.29, 1.82) is 0 Å². The minimum absolute atomic E-state index is 0.230. The maximum atomic E-state index is 14.0. The lowest BCUT2D eigenvalue weighted by Gasteiger charge is -2.31. The van der Waals surface area contributed by atoms with Crippen molar-refractivity contribution in [2.75, 3.05) is 26.1 Å². The second-order valence-corrected chi connectivity index (χ2v) is 8.44. The van der Waals surface area contributed by atoms with Crippen LogP contribution in [0, 0.1) is 0 Å². The first-order valence-electron chi connectivity index (χ1n) is 11.9. The SMILES string of the molecule is CCOc1ccccc1NC(=O)N1Cc2ccccc2-n2cccc2[C@H]1c1ccc(OC)c(OC)c1. The lowest BCUT2D eigenvalue weighted by Crippen LogP contribution is -2.38. The van der Waals surface area contributed by atoms with Gasteiger partial charge in [0.15, 0.2) is 11.5 Å². The van der Waals surface area contributed by atoms with E-state index in [1.807, 2.05) is 78.7 Å². The largest absolute Gasteiger partial charge is 0.493 e. The van der Waals surface area contributed by atoms with Crippen LogP contribution in [0.15, 0.2) is 85.1 Å². The Labute approximate surface area is 210 Å². The Morgan fingerprint density at radius 3 is 2.50 bits per heavy atom. The molecule has 1 aromatic heterocycles. The van der Waals surface area contributed by atoms with E-state index in [2.05, 4.69) is 28.1 Å². The van der Waals surface area contributed by atoms with Crippen LogP contribution >= 0.6 is 0 Å². The number of aromatic nitrogens is 1. The van der Waals surface area contributed by atoms with Gasteiger partial charge in [0.05, 0.1) is 44.8 Å². The number of carbonyl (C=O) groups excluding carboxylic acids is 1. The minimum atomic E-state index is -0.383. The number of methoxy groups -OCH3 is 2. The Balaban J connectivity index is 1.63. The fraction of sp³-hybridized carbons (Fsp3) is 0.207. The molecule has 0 spiro atoms. The van der Waals surface area contributed by atoms with Gasteiger partial charge in [-0.05, 0) is 60.5 Å². The highest BCUT2D eigenvalue weighted by Gasteiger charge is 2.33. The molecule has 3 aromatic carbocycles. The number of hydrogen-bond donors (Lipinski definition) is 1.